The van der Waals surface area contributed by atoms with Gasteiger partial charge in [0, 0.05) is 35.4 Å². The van der Waals surface area contributed by atoms with Gasteiger partial charge in [-0.3, -0.25) is 14.2 Å². The number of nitrogens with zero attached hydrogens (tertiary/aromatic N) is 2. The lowest BCUT2D eigenvalue weighted by Gasteiger charge is -2.22. The van der Waals surface area contributed by atoms with Crippen LogP contribution in [-0.2, 0) is 12.0 Å². The minimum atomic E-state index is -2.73. The number of carbonyl (C=O) groups excluding carboxylic acids is 1. The minimum absolute atomic E-state index is 0.193. The van der Waals surface area contributed by atoms with Gasteiger partial charge in [-0.15, -0.1) is 0 Å². The molecule has 2 aromatic rings. The predicted octanol–water partition coefficient (Wildman–Crippen LogP) is 3.71. The van der Waals surface area contributed by atoms with Crippen LogP contribution >= 0.6 is 11.6 Å². The molecule has 0 radical (unpaired) electrons. The van der Waals surface area contributed by atoms with Gasteiger partial charge in [-0.05, 0) is 31.9 Å². The quantitative estimate of drug-likeness (QED) is 0.735. The standard InChI is InChI=1S/C17H15ClF2N2O2/c1-9(23)11-6-10(18)7-12-13(11)21-15-16(2-3-17(19,20)8-16)4-5-22(15)14(12)24/h6-7H,2-5,8H2,1H3. The van der Waals surface area contributed by atoms with Crippen molar-refractivity contribution in [1.82, 2.24) is 9.55 Å². The van der Waals surface area contributed by atoms with Crippen LogP contribution in [0.5, 0.6) is 0 Å². The van der Waals surface area contributed by atoms with Crippen molar-refractivity contribution in [2.45, 2.75) is 50.5 Å². The van der Waals surface area contributed by atoms with Crippen LogP contribution in [0.1, 0.15) is 48.8 Å². The summed E-state index contributed by atoms with van der Waals surface area (Å²) >= 11 is 6.02. The Balaban J connectivity index is 2.03. The molecule has 1 atom stereocenters. The van der Waals surface area contributed by atoms with Crippen LogP contribution in [0.2, 0.25) is 5.02 Å². The van der Waals surface area contributed by atoms with Crippen LogP contribution in [0.15, 0.2) is 16.9 Å². The van der Waals surface area contributed by atoms with E-state index in [2.05, 4.69) is 4.98 Å². The lowest BCUT2D eigenvalue weighted by molar-refractivity contribution is 0.00242. The van der Waals surface area contributed by atoms with E-state index in [-0.39, 0.29) is 45.7 Å². The van der Waals surface area contributed by atoms with Crippen molar-refractivity contribution in [2.24, 2.45) is 0 Å². The summed E-state index contributed by atoms with van der Waals surface area (Å²) < 4.78 is 29.1. The van der Waals surface area contributed by atoms with E-state index in [0.717, 1.165) is 0 Å². The van der Waals surface area contributed by atoms with Gasteiger partial charge in [-0.2, -0.15) is 0 Å². The topological polar surface area (TPSA) is 52.0 Å². The zero-order valence-electron chi connectivity index (χ0n) is 13.0. The smallest absolute Gasteiger partial charge is 0.261 e. The molecule has 0 saturated heterocycles. The molecule has 1 saturated carbocycles. The van der Waals surface area contributed by atoms with Crippen molar-refractivity contribution in [3.63, 3.8) is 0 Å². The summed E-state index contributed by atoms with van der Waals surface area (Å²) in [6.07, 6.45) is 0.299. The molecule has 126 valence electrons. The molecule has 4 rings (SSSR count). The number of alkyl halides is 2. The molecule has 2 heterocycles. The fourth-order valence-electron chi connectivity index (χ4n) is 4.11. The van der Waals surface area contributed by atoms with E-state index in [1.165, 1.54) is 23.6 Å². The number of benzene rings is 1. The molecule has 1 aliphatic carbocycles. The van der Waals surface area contributed by atoms with E-state index < -0.39 is 11.3 Å². The number of fused-ring (bicyclic) bond motifs is 3. The van der Waals surface area contributed by atoms with Crippen molar-refractivity contribution in [3.8, 4) is 0 Å². The van der Waals surface area contributed by atoms with E-state index in [4.69, 9.17) is 11.6 Å². The van der Waals surface area contributed by atoms with Crippen molar-refractivity contribution in [1.29, 1.82) is 0 Å². The number of rotatable bonds is 1. The van der Waals surface area contributed by atoms with Crippen LogP contribution in [0.4, 0.5) is 8.78 Å². The monoisotopic (exact) mass is 352 g/mol. The van der Waals surface area contributed by atoms with E-state index in [9.17, 15) is 18.4 Å². The summed E-state index contributed by atoms with van der Waals surface area (Å²) in [4.78, 5) is 29.3. The number of Topliss-reactive ketones (excluding diaryl/α,β-unsaturated/α-hetero) is 1. The maximum absolute atomic E-state index is 13.8. The summed E-state index contributed by atoms with van der Waals surface area (Å²) in [5.74, 6) is -2.60. The van der Waals surface area contributed by atoms with Crippen molar-refractivity contribution < 1.29 is 13.6 Å². The highest BCUT2D eigenvalue weighted by Crippen LogP contribution is 2.52. The molecule has 4 nitrogen and oxygen atoms in total. The lowest BCUT2D eigenvalue weighted by atomic mass is 9.84. The molecule has 7 heteroatoms. The van der Waals surface area contributed by atoms with Gasteiger partial charge in [-0.25, -0.2) is 13.8 Å². The maximum atomic E-state index is 13.8. The van der Waals surface area contributed by atoms with E-state index >= 15 is 0 Å². The van der Waals surface area contributed by atoms with E-state index in [0.29, 0.717) is 25.2 Å². The Kier molecular flexibility index (Phi) is 3.17. The first-order valence-corrected chi connectivity index (χ1v) is 8.24. The summed E-state index contributed by atoms with van der Waals surface area (Å²) in [6.45, 7) is 1.74. The number of ketones is 1. The van der Waals surface area contributed by atoms with Gasteiger partial charge in [0.15, 0.2) is 5.78 Å². The van der Waals surface area contributed by atoms with Gasteiger partial charge in [0.25, 0.3) is 5.56 Å². The Bertz CT molecular complexity index is 954. The molecular weight excluding hydrogens is 338 g/mol. The van der Waals surface area contributed by atoms with Gasteiger partial charge in [-0.1, -0.05) is 11.6 Å². The Morgan fingerprint density at radius 3 is 2.67 bits per heavy atom. The van der Waals surface area contributed by atoms with Crippen LogP contribution in [0.3, 0.4) is 0 Å². The molecule has 0 amide bonds. The second-order valence-electron chi connectivity index (χ2n) is 6.86. The summed E-state index contributed by atoms with van der Waals surface area (Å²) in [7, 11) is 0. The molecule has 2 aliphatic rings. The highest BCUT2D eigenvalue weighted by atomic mass is 35.5. The van der Waals surface area contributed by atoms with Gasteiger partial charge in [0.2, 0.25) is 5.92 Å². The van der Waals surface area contributed by atoms with Gasteiger partial charge in [0.05, 0.1) is 10.9 Å². The third-order valence-corrected chi connectivity index (χ3v) is 5.48. The van der Waals surface area contributed by atoms with Crippen LogP contribution < -0.4 is 5.56 Å². The Morgan fingerprint density at radius 1 is 1.29 bits per heavy atom. The van der Waals surface area contributed by atoms with Crippen molar-refractivity contribution in [3.05, 3.63) is 38.9 Å². The molecular formula is C17H15ClF2N2O2. The first-order chi connectivity index (χ1) is 11.2. The zero-order chi connectivity index (χ0) is 17.3. The Morgan fingerprint density at radius 2 is 2.04 bits per heavy atom. The molecule has 1 aliphatic heterocycles. The van der Waals surface area contributed by atoms with Crippen LogP contribution in [-0.4, -0.2) is 21.3 Å². The summed E-state index contributed by atoms with van der Waals surface area (Å²) in [6, 6.07) is 2.96. The summed E-state index contributed by atoms with van der Waals surface area (Å²) in [5, 5.41) is 0.547. The molecule has 1 unspecified atom stereocenters. The second-order valence-corrected chi connectivity index (χ2v) is 7.30. The number of halogens is 3. The first kappa shape index (κ1) is 15.7. The van der Waals surface area contributed by atoms with Crippen LogP contribution in [0, 0.1) is 0 Å². The highest BCUT2D eigenvalue weighted by molar-refractivity contribution is 6.32. The number of carbonyl (C=O) groups is 1. The van der Waals surface area contributed by atoms with Crippen LogP contribution in [0.25, 0.3) is 10.9 Å². The third-order valence-electron chi connectivity index (χ3n) is 5.26. The largest absolute Gasteiger partial charge is 0.296 e. The fraction of sp³-hybridized carbons (Fsp3) is 0.471. The number of hydrogen-bond donors (Lipinski definition) is 0. The second kappa shape index (κ2) is 4.85. The lowest BCUT2D eigenvalue weighted by Crippen LogP contribution is -2.28. The molecule has 1 fully saturated rings. The highest BCUT2D eigenvalue weighted by Gasteiger charge is 2.54. The van der Waals surface area contributed by atoms with E-state index in [1.54, 1.807) is 0 Å². The third kappa shape index (κ3) is 2.12. The Labute approximate surface area is 141 Å². The molecule has 0 bridgehead atoms. The average molecular weight is 353 g/mol. The van der Waals surface area contributed by atoms with Gasteiger partial charge in [0.1, 0.15) is 5.82 Å². The molecule has 1 aromatic heterocycles. The fourth-order valence-corrected chi connectivity index (χ4v) is 4.33. The molecule has 0 N–H and O–H groups in total. The van der Waals surface area contributed by atoms with Gasteiger partial charge < -0.3 is 0 Å². The molecule has 1 spiro atoms. The maximum Gasteiger partial charge on any atom is 0.261 e. The molecule has 24 heavy (non-hydrogen) atoms. The van der Waals surface area contributed by atoms with E-state index in [1.807, 2.05) is 0 Å². The number of aromatic nitrogens is 2. The zero-order valence-corrected chi connectivity index (χ0v) is 13.8. The normalized spacial score (nSPS) is 24.7. The number of hydrogen-bond acceptors (Lipinski definition) is 3. The minimum Gasteiger partial charge on any atom is -0.296 e. The average Bonchev–Trinajstić information content (AvgIpc) is 3.00. The first-order valence-electron chi connectivity index (χ1n) is 7.86. The SMILES string of the molecule is CC(=O)c1cc(Cl)cc2c(=O)n3c(nc12)C1(CC3)CCC(F)(F)C1. The summed E-state index contributed by atoms with van der Waals surface area (Å²) in [5.41, 5.74) is -0.568. The Hall–Kier alpha value is -1.82. The van der Waals surface area contributed by atoms with Crippen molar-refractivity contribution >= 4 is 28.3 Å². The molecule has 1 aromatic carbocycles. The van der Waals surface area contributed by atoms with Crippen molar-refractivity contribution in [2.75, 3.05) is 0 Å². The predicted molar refractivity (Wildman–Crippen MR) is 86.1 cm³/mol. The van der Waals surface area contributed by atoms with Gasteiger partial charge >= 0.3 is 0 Å².